The number of ether oxygens (including phenoxy) is 3. The lowest BCUT2D eigenvalue weighted by Gasteiger charge is -2.22. The molecule has 3 rings (SSSR count). The molecule has 0 aliphatic rings. The van der Waals surface area contributed by atoms with E-state index in [0.29, 0.717) is 40.6 Å². The van der Waals surface area contributed by atoms with Gasteiger partial charge in [-0.2, -0.15) is 0 Å². The zero-order valence-corrected chi connectivity index (χ0v) is 20.1. The first-order chi connectivity index (χ1) is 17.4. The van der Waals surface area contributed by atoms with Crippen molar-refractivity contribution >= 4 is 23.5 Å². The summed E-state index contributed by atoms with van der Waals surface area (Å²) in [6, 6.07) is 18.5. The number of nitrogens with zero attached hydrogens (tertiary/aromatic N) is 1. The summed E-state index contributed by atoms with van der Waals surface area (Å²) in [6.45, 7) is 0.331. The van der Waals surface area contributed by atoms with Crippen LogP contribution in [0.4, 0.5) is 10.5 Å². The van der Waals surface area contributed by atoms with Crippen LogP contribution in [0.25, 0.3) is 0 Å². The van der Waals surface area contributed by atoms with E-state index in [0.717, 1.165) is 5.56 Å². The molecule has 2 amide bonds. The number of hydrogen-bond acceptors (Lipinski definition) is 7. The van der Waals surface area contributed by atoms with Gasteiger partial charge in [-0.05, 0) is 47.5 Å². The van der Waals surface area contributed by atoms with E-state index in [1.165, 1.54) is 21.3 Å². The average molecular weight is 492 g/mol. The third-order valence-corrected chi connectivity index (χ3v) is 5.30. The van der Waals surface area contributed by atoms with Crippen LogP contribution in [0.1, 0.15) is 22.7 Å². The van der Waals surface area contributed by atoms with Gasteiger partial charge < -0.3 is 40.5 Å². The van der Waals surface area contributed by atoms with Gasteiger partial charge in [0, 0.05) is 17.8 Å². The first-order valence-corrected chi connectivity index (χ1v) is 10.9. The van der Waals surface area contributed by atoms with Crippen molar-refractivity contribution in [3.8, 4) is 17.2 Å². The zero-order valence-electron chi connectivity index (χ0n) is 20.1. The highest BCUT2D eigenvalue weighted by Gasteiger charge is 2.24. The molecule has 10 heteroatoms. The summed E-state index contributed by atoms with van der Waals surface area (Å²) in [4.78, 5) is 27.2. The standard InChI is InChI=1S/C26H28N4O6/c1-34-20-13-18(14-21(35-2)23(20)36-3)22(25(31)28-15-16-7-5-4-6-8-16)29-19-11-9-17(10-12-19)24(27)30-26(32)33/h4-14,22,29H,15H2,1-3H3,(H2,27,30)(H,28,31)(H,32,33)/p-1. The number of benzene rings is 3. The van der Waals surface area contributed by atoms with Crippen molar-refractivity contribution in [3.05, 3.63) is 83.4 Å². The predicted molar refractivity (Wildman–Crippen MR) is 133 cm³/mol. The number of anilines is 1. The number of carboxylic acid groups (broad SMARTS) is 1. The second kappa shape index (κ2) is 12.1. The van der Waals surface area contributed by atoms with E-state index in [1.807, 2.05) is 30.3 Å². The number of carbonyl (C=O) groups excluding carboxylic acids is 2. The molecule has 188 valence electrons. The fourth-order valence-corrected chi connectivity index (χ4v) is 3.52. The van der Waals surface area contributed by atoms with Crippen LogP contribution in [0.15, 0.2) is 71.7 Å². The van der Waals surface area contributed by atoms with Crippen LogP contribution >= 0.6 is 0 Å². The molecular formula is C26H27N4O6-. The van der Waals surface area contributed by atoms with E-state index in [1.54, 1.807) is 36.4 Å². The van der Waals surface area contributed by atoms with Crippen molar-refractivity contribution in [1.29, 1.82) is 0 Å². The molecule has 0 aromatic heterocycles. The number of hydrogen-bond donors (Lipinski definition) is 3. The Hall–Kier alpha value is -4.73. The van der Waals surface area contributed by atoms with Crippen molar-refractivity contribution in [2.75, 3.05) is 26.6 Å². The summed E-state index contributed by atoms with van der Waals surface area (Å²) < 4.78 is 16.3. The Morgan fingerprint density at radius 2 is 1.56 bits per heavy atom. The number of aliphatic imine (C=N–C) groups is 1. The van der Waals surface area contributed by atoms with E-state index in [-0.39, 0.29) is 11.7 Å². The summed E-state index contributed by atoms with van der Waals surface area (Å²) >= 11 is 0. The van der Waals surface area contributed by atoms with Gasteiger partial charge in [-0.1, -0.05) is 30.3 Å². The topological polar surface area (TPSA) is 147 Å². The molecule has 36 heavy (non-hydrogen) atoms. The minimum atomic E-state index is -1.63. The largest absolute Gasteiger partial charge is 0.528 e. The summed E-state index contributed by atoms with van der Waals surface area (Å²) in [5.41, 5.74) is 8.16. The lowest BCUT2D eigenvalue weighted by Crippen LogP contribution is -2.33. The molecule has 3 aromatic rings. The van der Waals surface area contributed by atoms with Crippen LogP contribution in [-0.2, 0) is 11.3 Å². The van der Waals surface area contributed by atoms with Crippen molar-refractivity contribution in [1.82, 2.24) is 5.32 Å². The molecule has 0 spiro atoms. The van der Waals surface area contributed by atoms with E-state index >= 15 is 0 Å². The fourth-order valence-electron chi connectivity index (χ4n) is 3.52. The van der Waals surface area contributed by atoms with Gasteiger partial charge in [0.15, 0.2) is 17.6 Å². The van der Waals surface area contributed by atoms with Crippen molar-refractivity contribution in [2.24, 2.45) is 10.7 Å². The van der Waals surface area contributed by atoms with Gasteiger partial charge in [0.2, 0.25) is 11.7 Å². The van der Waals surface area contributed by atoms with Gasteiger partial charge in [-0.25, -0.2) is 4.99 Å². The summed E-state index contributed by atoms with van der Waals surface area (Å²) in [6.07, 6.45) is -1.63. The third kappa shape index (κ3) is 6.44. The zero-order chi connectivity index (χ0) is 26.1. The van der Waals surface area contributed by atoms with Crippen LogP contribution in [0.5, 0.6) is 17.2 Å². The molecule has 3 aromatic carbocycles. The summed E-state index contributed by atoms with van der Waals surface area (Å²) in [5.74, 6) is 0.713. The monoisotopic (exact) mass is 491 g/mol. The quantitative estimate of drug-likeness (QED) is 0.289. The fraction of sp³-hybridized carbons (Fsp3) is 0.192. The molecule has 4 N–H and O–H groups in total. The molecule has 1 atom stereocenters. The minimum absolute atomic E-state index is 0.191. The molecule has 1 unspecified atom stereocenters. The lowest BCUT2D eigenvalue weighted by atomic mass is 10.0. The molecule has 0 radical (unpaired) electrons. The van der Waals surface area contributed by atoms with Crippen LogP contribution in [0, 0.1) is 0 Å². The maximum absolute atomic E-state index is 13.4. The van der Waals surface area contributed by atoms with Gasteiger partial charge in [-0.3, -0.25) is 4.79 Å². The minimum Gasteiger partial charge on any atom is -0.528 e. The van der Waals surface area contributed by atoms with Gasteiger partial charge >= 0.3 is 0 Å². The van der Waals surface area contributed by atoms with Crippen LogP contribution in [0.3, 0.4) is 0 Å². The molecule has 0 bridgehead atoms. The molecule has 0 aliphatic carbocycles. The van der Waals surface area contributed by atoms with Crippen LogP contribution < -0.4 is 35.7 Å². The molecule has 0 fully saturated rings. The first kappa shape index (κ1) is 25.9. The van der Waals surface area contributed by atoms with Crippen molar-refractivity contribution < 1.29 is 28.9 Å². The number of methoxy groups -OCH3 is 3. The average Bonchev–Trinajstić information content (AvgIpc) is 2.90. The highest BCUT2D eigenvalue weighted by molar-refractivity contribution is 6.02. The molecule has 10 nitrogen and oxygen atoms in total. The van der Waals surface area contributed by atoms with E-state index in [9.17, 15) is 14.7 Å². The number of carbonyl (C=O) groups is 2. The smallest absolute Gasteiger partial charge is 0.247 e. The molecule has 0 saturated heterocycles. The lowest BCUT2D eigenvalue weighted by molar-refractivity contribution is -0.245. The first-order valence-electron chi connectivity index (χ1n) is 10.9. The Morgan fingerprint density at radius 1 is 0.944 bits per heavy atom. The van der Waals surface area contributed by atoms with Crippen LogP contribution in [-0.4, -0.2) is 39.2 Å². The molecular weight excluding hydrogens is 464 g/mol. The molecule has 0 aliphatic heterocycles. The number of amides is 2. The van der Waals surface area contributed by atoms with E-state index in [2.05, 4.69) is 15.6 Å². The Balaban J connectivity index is 1.94. The van der Waals surface area contributed by atoms with Crippen LogP contribution in [0.2, 0.25) is 0 Å². The molecule has 0 heterocycles. The van der Waals surface area contributed by atoms with Gasteiger partial charge in [-0.15, -0.1) is 0 Å². The van der Waals surface area contributed by atoms with E-state index in [4.69, 9.17) is 19.9 Å². The van der Waals surface area contributed by atoms with E-state index < -0.39 is 12.1 Å². The Kier molecular flexibility index (Phi) is 8.71. The number of nitrogens with two attached hydrogens (primary N) is 1. The van der Waals surface area contributed by atoms with Gasteiger partial charge in [0.1, 0.15) is 11.9 Å². The highest BCUT2D eigenvalue weighted by Crippen LogP contribution is 2.40. The Labute approximate surface area is 208 Å². The maximum Gasteiger partial charge on any atom is 0.247 e. The number of nitrogens with one attached hydrogen (secondary N) is 2. The number of rotatable bonds is 10. The maximum atomic E-state index is 13.4. The normalized spacial score (nSPS) is 11.8. The Morgan fingerprint density at radius 3 is 2.08 bits per heavy atom. The summed E-state index contributed by atoms with van der Waals surface area (Å²) in [5, 5.41) is 16.8. The Bertz CT molecular complexity index is 1200. The second-order valence-electron chi connectivity index (χ2n) is 7.58. The van der Waals surface area contributed by atoms with Crippen molar-refractivity contribution in [2.45, 2.75) is 12.6 Å². The third-order valence-electron chi connectivity index (χ3n) is 5.30. The molecule has 0 saturated carbocycles. The van der Waals surface area contributed by atoms with Gasteiger partial charge in [0.25, 0.3) is 0 Å². The van der Waals surface area contributed by atoms with Gasteiger partial charge in [0.05, 0.1) is 21.3 Å². The second-order valence-corrected chi connectivity index (χ2v) is 7.58. The SMILES string of the molecule is COc1cc(C(Nc2ccc(/C(N)=N/C(=O)[O-])cc2)C(=O)NCc2ccccc2)cc(OC)c1OC. The van der Waals surface area contributed by atoms with Crippen molar-refractivity contribution in [3.63, 3.8) is 0 Å². The highest BCUT2D eigenvalue weighted by atomic mass is 16.5. The number of amidine groups is 1. The summed E-state index contributed by atoms with van der Waals surface area (Å²) in [7, 11) is 4.49. The predicted octanol–water partition coefficient (Wildman–Crippen LogP) is 2.23.